The highest BCUT2D eigenvalue weighted by Crippen LogP contribution is 2.24. The van der Waals surface area contributed by atoms with Crippen LogP contribution in [0.3, 0.4) is 0 Å². The van der Waals surface area contributed by atoms with Gasteiger partial charge in [-0.3, -0.25) is 4.79 Å². The van der Waals surface area contributed by atoms with Crippen LogP contribution in [0.15, 0.2) is 48.7 Å². The Balaban J connectivity index is 1.95. The topological polar surface area (TPSA) is 44.9 Å². The van der Waals surface area contributed by atoms with Crippen molar-refractivity contribution in [3.05, 3.63) is 64.8 Å². The maximum absolute atomic E-state index is 12.4. The van der Waals surface area contributed by atoms with E-state index in [0.717, 1.165) is 16.5 Å². The van der Waals surface area contributed by atoms with E-state index in [-0.39, 0.29) is 5.91 Å². The molecule has 0 aliphatic heterocycles. The smallest absolute Gasteiger partial charge is 0.257 e. The summed E-state index contributed by atoms with van der Waals surface area (Å²) in [6.07, 6.45) is 1.82. The fourth-order valence-electron chi connectivity index (χ4n) is 2.19. The van der Waals surface area contributed by atoms with Crippen LogP contribution in [0.2, 0.25) is 5.02 Å². The van der Waals surface area contributed by atoms with Crippen LogP contribution in [0, 0.1) is 6.92 Å². The predicted molar refractivity (Wildman–Crippen MR) is 82.4 cm³/mol. The molecule has 2 aromatic carbocycles. The Bertz CT molecular complexity index is 792. The number of rotatable bonds is 2. The second kappa shape index (κ2) is 5.02. The molecule has 1 aromatic heterocycles. The molecule has 3 rings (SSSR count). The minimum absolute atomic E-state index is 0.177. The highest BCUT2D eigenvalue weighted by molar-refractivity contribution is 6.34. The van der Waals surface area contributed by atoms with E-state index in [1.807, 2.05) is 49.5 Å². The summed E-state index contributed by atoms with van der Waals surface area (Å²) in [7, 11) is 0. The first-order chi connectivity index (χ1) is 9.65. The Kier molecular flexibility index (Phi) is 3.20. The SMILES string of the molecule is Cc1ccc(NC(=O)c2cccc3cc[nH]c23)c(Cl)c1. The second-order valence-electron chi connectivity index (χ2n) is 4.68. The molecule has 0 fully saturated rings. The molecule has 0 aliphatic carbocycles. The number of nitrogens with one attached hydrogen (secondary N) is 2. The summed E-state index contributed by atoms with van der Waals surface area (Å²) in [6, 6.07) is 13.1. The van der Waals surface area contributed by atoms with Gasteiger partial charge in [0.15, 0.2) is 0 Å². The first-order valence-electron chi connectivity index (χ1n) is 6.29. The van der Waals surface area contributed by atoms with Gasteiger partial charge >= 0.3 is 0 Å². The minimum Gasteiger partial charge on any atom is -0.361 e. The molecule has 0 saturated heterocycles. The molecule has 0 bridgehead atoms. The number of anilines is 1. The fourth-order valence-corrected chi connectivity index (χ4v) is 2.47. The normalized spacial score (nSPS) is 10.7. The Labute approximate surface area is 121 Å². The zero-order chi connectivity index (χ0) is 14.1. The van der Waals surface area contributed by atoms with Crippen LogP contribution < -0.4 is 5.32 Å². The van der Waals surface area contributed by atoms with Crippen molar-refractivity contribution in [3.63, 3.8) is 0 Å². The summed E-state index contributed by atoms with van der Waals surface area (Å²) in [5.41, 5.74) is 3.10. The van der Waals surface area contributed by atoms with E-state index in [4.69, 9.17) is 11.6 Å². The molecule has 3 aromatic rings. The number of hydrogen-bond donors (Lipinski definition) is 2. The lowest BCUT2D eigenvalue weighted by atomic mass is 10.1. The van der Waals surface area contributed by atoms with Crippen molar-refractivity contribution in [2.75, 3.05) is 5.32 Å². The van der Waals surface area contributed by atoms with Gasteiger partial charge in [-0.1, -0.05) is 29.8 Å². The van der Waals surface area contributed by atoms with Gasteiger partial charge in [-0.15, -0.1) is 0 Å². The van der Waals surface area contributed by atoms with Gasteiger partial charge in [-0.25, -0.2) is 0 Å². The van der Waals surface area contributed by atoms with Gasteiger partial charge in [-0.2, -0.15) is 0 Å². The summed E-state index contributed by atoms with van der Waals surface area (Å²) in [4.78, 5) is 15.5. The van der Waals surface area contributed by atoms with Crippen LogP contribution >= 0.6 is 11.6 Å². The van der Waals surface area contributed by atoms with Crippen LogP contribution in [0.25, 0.3) is 10.9 Å². The molecule has 2 N–H and O–H groups in total. The summed E-state index contributed by atoms with van der Waals surface area (Å²) >= 11 is 6.14. The number of hydrogen-bond acceptors (Lipinski definition) is 1. The van der Waals surface area contributed by atoms with Crippen LogP contribution in [0.4, 0.5) is 5.69 Å². The van der Waals surface area contributed by atoms with E-state index >= 15 is 0 Å². The molecule has 100 valence electrons. The molecule has 0 spiro atoms. The maximum Gasteiger partial charge on any atom is 0.257 e. The molecular weight excluding hydrogens is 272 g/mol. The first kappa shape index (κ1) is 12.8. The van der Waals surface area contributed by atoms with Crippen molar-refractivity contribution in [1.29, 1.82) is 0 Å². The third-order valence-electron chi connectivity index (χ3n) is 3.20. The monoisotopic (exact) mass is 284 g/mol. The number of amides is 1. The fraction of sp³-hybridized carbons (Fsp3) is 0.0625. The largest absolute Gasteiger partial charge is 0.361 e. The summed E-state index contributed by atoms with van der Waals surface area (Å²) in [5.74, 6) is -0.177. The number of carbonyl (C=O) groups excluding carboxylic acids is 1. The second-order valence-corrected chi connectivity index (χ2v) is 5.09. The lowest BCUT2D eigenvalue weighted by Crippen LogP contribution is -2.12. The quantitative estimate of drug-likeness (QED) is 0.720. The summed E-state index contributed by atoms with van der Waals surface area (Å²) in [5, 5.41) is 4.39. The van der Waals surface area contributed by atoms with Gasteiger partial charge in [0.05, 0.1) is 21.8 Å². The number of halogens is 1. The van der Waals surface area contributed by atoms with E-state index in [2.05, 4.69) is 10.3 Å². The van der Waals surface area contributed by atoms with Crippen molar-refractivity contribution >= 4 is 34.1 Å². The number of carbonyl (C=O) groups is 1. The van der Waals surface area contributed by atoms with Gasteiger partial charge in [-0.05, 0) is 36.8 Å². The summed E-state index contributed by atoms with van der Waals surface area (Å²) < 4.78 is 0. The Morgan fingerprint density at radius 2 is 2.05 bits per heavy atom. The zero-order valence-corrected chi connectivity index (χ0v) is 11.7. The number of aryl methyl sites for hydroxylation is 1. The zero-order valence-electron chi connectivity index (χ0n) is 10.9. The average Bonchev–Trinajstić information content (AvgIpc) is 2.90. The molecule has 1 amide bonds. The van der Waals surface area contributed by atoms with Gasteiger partial charge < -0.3 is 10.3 Å². The molecule has 1 heterocycles. The highest BCUT2D eigenvalue weighted by atomic mass is 35.5. The van der Waals surface area contributed by atoms with Gasteiger partial charge in [0.25, 0.3) is 5.91 Å². The molecule has 0 aliphatic rings. The molecule has 0 saturated carbocycles. The van der Waals surface area contributed by atoms with Gasteiger partial charge in [0, 0.05) is 11.6 Å². The van der Waals surface area contributed by atoms with Crippen molar-refractivity contribution in [2.24, 2.45) is 0 Å². The maximum atomic E-state index is 12.4. The van der Waals surface area contributed by atoms with Crippen molar-refractivity contribution in [3.8, 4) is 0 Å². The Morgan fingerprint density at radius 1 is 1.20 bits per heavy atom. The Hall–Kier alpha value is -2.26. The number of benzene rings is 2. The number of para-hydroxylation sites is 1. The molecule has 0 radical (unpaired) electrons. The van der Waals surface area contributed by atoms with Crippen LogP contribution in [0.1, 0.15) is 15.9 Å². The number of fused-ring (bicyclic) bond motifs is 1. The third kappa shape index (κ3) is 2.28. The highest BCUT2D eigenvalue weighted by Gasteiger charge is 2.12. The Morgan fingerprint density at radius 3 is 2.85 bits per heavy atom. The van der Waals surface area contributed by atoms with Gasteiger partial charge in [0.2, 0.25) is 0 Å². The van der Waals surface area contributed by atoms with Crippen molar-refractivity contribution in [2.45, 2.75) is 6.92 Å². The number of aromatic nitrogens is 1. The molecule has 3 nitrogen and oxygen atoms in total. The van der Waals surface area contributed by atoms with E-state index in [1.54, 1.807) is 6.07 Å². The lowest BCUT2D eigenvalue weighted by Gasteiger charge is -2.08. The molecule has 4 heteroatoms. The van der Waals surface area contributed by atoms with Gasteiger partial charge in [0.1, 0.15) is 0 Å². The number of H-pyrrole nitrogens is 1. The molecular formula is C16H13ClN2O. The third-order valence-corrected chi connectivity index (χ3v) is 3.52. The van der Waals surface area contributed by atoms with Crippen molar-refractivity contribution < 1.29 is 4.79 Å². The van der Waals surface area contributed by atoms with E-state index in [0.29, 0.717) is 16.3 Å². The number of aromatic amines is 1. The standard InChI is InChI=1S/C16H13ClN2O/c1-10-5-6-14(13(17)9-10)19-16(20)12-4-2-3-11-7-8-18-15(11)12/h2-9,18H,1H3,(H,19,20). The lowest BCUT2D eigenvalue weighted by molar-refractivity contribution is 0.102. The average molecular weight is 285 g/mol. The van der Waals surface area contributed by atoms with E-state index in [1.165, 1.54) is 0 Å². The van der Waals surface area contributed by atoms with E-state index < -0.39 is 0 Å². The summed E-state index contributed by atoms with van der Waals surface area (Å²) in [6.45, 7) is 1.96. The first-order valence-corrected chi connectivity index (χ1v) is 6.66. The van der Waals surface area contributed by atoms with Crippen LogP contribution in [-0.2, 0) is 0 Å². The predicted octanol–water partition coefficient (Wildman–Crippen LogP) is 4.38. The molecule has 0 unspecified atom stereocenters. The molecule has 20 heavy (non-hydrogen) atoms. The minimum atomic E-state index is -0.177. The van der Waals surface area contributed by atoms with Crippen LogP contribution in [0.5, 0.6) is 0 Å². The van der Waals surface area contributed by atoms with Crippen LogP contribution in [-0.4, -0.2) is 10.9 Å². The van der Waals surface area contributed by atoms with Crippen molar-refractivity contribution in [1.82, 2.24) is 4.98 Å². The van der Waals surface area contributed by atoms with E-state index in [9.17, 15) is 4.79 Å². The molecule has 0 atom stereocenters.